The van der Waals surface area contributed by atoms with Crippen LogP contribution < -0.4 is 14.8 Å². The molecule has 9 heteroatoms. The molecule has 0 spiro atoms. The Balaban J connectivity index is 1.66. The Hall–Kier alpha value is -3.03. The molecule has 2 aromatic carbocycles. The quantitative estimate of drug-likeness (QED) is 0.458. The van der Waals surface area contributed by atoms with Gasteiger partial charge in [-0.1, -0.05) is 23.2 Å². The summed E-state index contributed by atoms with van der Waals surface area (Å²) < 4.78 is 15.4. The lowest BCUT2D eigenvalue weighted by molar-refractivity contribution is -0.119. The molecule has 1 heterocycles. The molecule has 1 aromatic heterocycles. The second-order valence-corrected chi connectivity index (χ2v) is 6.65. The molecule has 0 bridgehead atoms. The summed E-state index contributed by atoms with van der Waals surface area (Å²) in [5.74, 6) is -0.478. The molecule has 1 N–H and O–H groups in total. The minimum atomic E-state index is -0.641. The number of esters is 1. The number of ether oxygens (including phenoxy) is 3. The lowest BCUT2D eigenvalue weighted by Crippen LogP contribution is -2.21. The number of nitrogens with zero attached hydrogens (tertiary/aromatic N) is 1. The largest absolute Gasteiger partial charge is 0.495 e. The van der Waals surface area contributed by atoms with Crippen LogP contribution in [0.2, 0.25) is 10.2 Å². The number of rotatable bonds is 6. The van der Waals surface area contributed by atoms with Crippen LogP contribution in [0.4, 0.5) is 5.69 Å². The van der Waals surface area contributed by atoms with Crippen LogP contribution in [0, 0.1) is 0 Å². The Bertz CT molecular complexity index is 1090. The summed E-state index contributed by atoms with van der Waals surface area (Å²) in [5.41, 5.74) is 1.28. The molecule has 0 unspecified atom stereocenters. The number of aromatic nitrogens is 1. The smallest absolute Gasteiger partial charge is 0.338 e. The van der Waals surface area contributed by atoms with E-state index >= 15 is 0 Å². The molecular formula is C20H16Cl2N2O5. The van der Waals surface area contributed by atoms with E-state index in [-0.39, 0.29) is 0 Å². The van der Waals surface area contributed by atoms with Crippen LogP contribution in [0.5, 0.6) is 11.5 Å². The standard InChI is InChI=1S/C20H16Cl2N2O5/c1-27-16-9-15(17(28-2)8-13(16)21)24-19(25)10-29-20(26)12-3-5-14-11(7-12)4-6-18(22)23-14/h3-9H,10H2,1-2H3,(H,24,25). The average molecular weight is 435 g/mol. The maximum atomic E-state index is 12.3. The Kier molecular flexibility index (Phi) is 6.41. The van der Waals surface area contributed by atoms with Crippen LogP contribution >= 0.6 is 23.2 Å². The van der Waals surface area contributed by atoms with Crippen LogP contribution in [-0.2, 0) is 9.53 Å². The average Bonchev–Trinajstić information content (AvgIpc) is 2.72. The number of amides is 1. The highest BCUT2D eigenvalue weighted by Crippen LogP contribution is 2.35. The van der Waals surface area contributed by atoms with E-state index < -0.39 is 18.5 Å². The van der Waals surface area contributed by atoms with Crippen molar-refractivity contribution in [2.24, 2.45) is 0 Å². The molecule has 0 saturated carbocycles. The van der Waals surface area contributed by atoms with Gasteiger partial charge in [0.25, 0.3) is 5.91 Å². The molecule has 3 aromatic rings. The molecule has 29 heavy (non-hydrogen) atoms. The number of carbonyl (C=O) groups excluding carboxylic acids is 2. The fourth-order valence-electron chi connectivity index (χ4n) is 2.59. The Morgan fingerprint density at radius 2 is 1.76 bits per heavy atom. The zero-order valence-electron chi connectivity index (χ0n) is 15.5. The second kappa shape index (κ2) is 8.98. The van der Waals surface area contributed by atoms with Gasteiger partial charge in [-0.3, -0.25) is 4.79 Å². The third-order valence-corrected chi connectivity index (χ3v) is 4.48. The summed E-state index contributed by atoms with van der Waals surface area (Å²) in [5, 5.41) is 4.02. The number of carbonyl (C=O) groups is 2. The number of benzene rings is 2. The van der Waals surface area contributed by atoms with Crippen molar-refractivity contribution in [1.29, 1.82) is 0 Å². The number of pyridine rings is 1. The molecule has 0 aliphatic rings. The first kappa shape index (κ1) is 20.7. The normalized spacial score (nSPS) is 10.5. The van der Waals surface area contributed by atoms with E-state index in [1.165, 1.54) is 26.4 Å². The van der Waals surface area contributed by atoms with E-state index in [2.05, 4.69) is 10.3 Å². The highest BCUT2D eigenvalue weighted by Gasteiger charge is 2.15. The molecule has 0 aliphatic carbocycles. The van der Waals surface area contributed by atoms with Crippen LogP contribution in [0.1, 0.15) is 10.4 Å². The number of fused-ring (bicyclic) bond motifs is 1. The fourth-order valence-corrected chi connectivity index (χ4v) is 2.97. The van der Waals surface area contributed by atoms with Crippen LogP contribution in [0.3, 0.4) is 0 Å². The summed E-state index contributed by atoms with van der Waals surface area (Å²) in [6.07, 6.45) is 0. The monoisotopic (exact) mass is 434 g/mol. The first-order valence-electron chi connectivity index (χ1n) is 8.36. The second-order valence-electron chi connectivity index (χ2n) is 5.85. The Morgan fingerprint density at radius 3 is 2.48 bits per heavy atom. The van der Waals surface area contributed by atoms with E-state index in [9.17, 15) is 9.59 Å². The van der Waals surface area contributed by atoms with Gasteiger partial charge in [0, 0.05) is 17.5 Å². The van der Waals surface area contributed by atoms with Gasteiger partial charge in [-0.25, -0.2) is 9.78 Å². The van der Waals surface area contributed by atoms with Crippen molar-refractivity contribution < 1.29 is 23.8 Å². The van der Waals surface area contributed by atoms with Gasteiger partial charge in [0.05, 0.1) is 36.0 Å². The molecule has 3 rings (SSSR count). The first-order valence-corrected chi connectivity index (χ1v) is 9.11. The van der Waals surface area contributed by atoms with E-state index in [4.69, 9.17) is 37.4 Å². The van der Waals surface area contributed by atoms with E-state index in [0.717, 1.165) is 5.39 Å². The van der Waals surface area contributed by atoms with Crippen molar-refractivity contribution >= 4 is 51.7 Å². The van der Waals surface area contributed by atoms with Gasteiger partial charge >= 0.3 is 5.97 Å². The molecule has 0 aliphatic heterocycles. The van der Waals surface area contributed by atoms with Gasteiger partial charge in [-0.2, -0.15) is 0 Å². The van der Waals surface area contributed by atoms with Gasteiger partial charge in [-0.05, 0) is 30.3 Å². The molecule has 150 valence electrons. The minimum absolute atomic E-state index is 0.292. The zero-order valence-corrected chi connectivity index (χ0v) is 17.0. The van der Waals surface area contributed by atoms with Crippen LogP contribution in [0.25, 0.3) is 10.9 Å². The van der Waals surface area contributed by atoms with Crippen molar-refractivity contribution in [3.8, 4) is 11.5 Å². The molecule has 0 saturated heterocycles. The molecule has 0 radical (unpaired) electrons. The summed E-state index contributed by atoms with van der Waals surface area (Å²) in [4.78, 5) is 28.6. The van der Waals surface area contributed by atoms with Crippen molar-refractivity contribution in [1.82, 2.24) is 4.98 Å². The zero-order chi connectivity index (χ0) is 21.0. The molecular weight excluding hydrogens is 419 g/mol. The number of halogens is 2. The van der Waals surface area contributed by atoms with E-state index in [1.807, 2.05) is 0 Å². The predicted molar refractivity (Wildman–Crippen MR) is 110 cm³/mol. The molecule has 7 nitrogen and oxygen atoms in total. The summed E-state index contributed by atoms with van der Waals surface area (Å²) in [7, 11) is 2.89. The fraction of sp³-hybridized carbons (Fsp3) is 0.150. The lowest BCUT2D eigenvalue weighted by atomic mass is 10.1. The van der Waals surface area contributed by atoms with Crippen LogP contribution in [0.15, 0.2) is 42.5 Å². The SMILES string of the molecule is COc1cc(NC(=O)COC(=O)c2ccc3nc(Cl)ccc3c2)c(OC)cc1Cl. The molecule has 0 fully saturated rings. The summed E-state index contributed by atoms with van der Waals surface area (Å²) in [6, 6.07) is 11.2. The van der Waals surface area contributed by atoms with Gasteiger partial charge in [0.1, 0.15) is 16.7 Å². The number of hydrogen-bond donors (Lipinski definition) is 1. The summed E-state index contributed by atoms with van der Waals surface area (Å²) in [6.45, 7) is -0.482. The third-order valence-electron chi connectivity index (χ3n) is 3.97. The minimum Gasteiger partial charge on any atom is -0.495 e. The Morgan fingerprint density at radius 1 is 1.00 bits per heavy atom. The van der Waals surface area contributed by atoms with Gasteiger partial charge in [0.15, 0.2) is 6.61 Å². The number of nitrogens with one attached hydrogen (secondary N) is 1. The maximum absolute atomic E-state index is 12.3. The van der Waals surface area contributed by atoms with Gasteiger partial charge < -0.3 is 19.5 Å². The number of methoxy groups -OCH3 is 2. The van der Waals surface area contributed by atoms with Crippen molar-refractivity contribution in [3.63, 3.8) is 0 Å². The van der Waals surface area contributed by atoms with Gasteiger partial charge in [0.2, 0.25) is 0 Å². The first-order chi connectivity index (χ1) is 13.9. The summed E-state index contributed by atoms with van der Waals surface area (Å²) >= 11 is 11.9. The Labute approximate surface area is 176 Å². The highest BCUT2D eigenvalue weighted by molar-refractivity contribution is 6.32. The van der Waals surface area contributed by atoms with E-state index in [0.29, 0.717) is 38.4 Å². The lowest BCUT2D eigenvalue weighted by Gasteiger charge is -2.13. The highest BCUT2D eigenvalue weighted by atomic mass is 35.5. The van der Waals surface area contributed by atoms with Crippen molar-refractivity contribution in [3.05, 3.63) is 58.2 Å². The van der Waals surface area contributed by atoms with Crippen molar-refractivity contribution in [2.45, 2.75) is 0 Å². The van der Waals surface area contributed by atoms with E-state index in [1.54, 1.807) is 30.3 Å². The molecule has 0 atom stereocenters. The predicted octanol–water partition coefficient (Wildman–Crippen LogP) is 4.35. The molecule has 1 amide bonds. The number of anilines is 1. The third kappa shape index (κ3) is 4.88. The topological polar surface area (TPSA) is 86.8 Å². The van der Waals surface area contributed by atoms with Crippen LogP contribution in [-0.4, -0.2) is 37.7 Å². The van der Waals surface area contributed by atoms with Crippen molar-refractivity contribution in [2.75, 3.05) is 26.1 Å². The van der Waals surface area contributed by atoms with Gasteiger partial charge in [-0.15, -0.1) is 0 Å². The number of hydrogen-bond acceptors (Lipinski definition) is 6. The maximum Gasteiger partial charge on any atom is 0.338 e.